The zero-order valence-electron chi connectivity index (χ0n) is 15.9. The van der Waals surface area contributed by atoms with Gasteiger partial charge in [0.25, 0.3) is 0 Å². The van der Waals surface area contributed by atoms with Crippen molar-refractivity contribution < 1.29 is 19.4 Å². The molecule has 0 saturated carbocycles. The Morgan fingerprint density at radius 3 is 2.12 bits per heavy atom. The number of hydrogen-bond acceptors (Lipinski definition) is 5. The van der Waals surface area contributed by atoms with Gasteiger partial charge in [0, 0.05) is 18.5 Å². The second-order valence-electron chi connectivity index (χ2n) is 8.48. The molecule has 1 aliphatic rings. The molecule has 140 valence electrons. The van der Waals surface area contributed by atoms with Gasteiger partial charge in [0.2, 0.25) is 0 Å². The first-order valence-corrected chi connectivity index (χ1v) is 8.57. The highest BCUT2D eigenvalue weighted by atomic mass is 16.6. The number of ether oxygens (including phenoxy) is 1. The molecule has 8 nitrogen and oxygen atoms in total. The number of carboxylic acids is 1. The van der Waals surface area contributed by atoms with Crippen molar-refractivity contribution in [1.29, 1.82) is 0 Å². The number of aromatic carboxylic acids is 1. The SMILES string of the molecule is CC(C)(C)OC(=O)N1CCC(n2nnc(C(=O)O)c2C(C)(C)C)CC1. The Morgan fingerprint density at radius 1 is 1.12 bits per heavy atom. The highest BCUT2D eigenvalue weighted by Gasteiger charge is 2.34. The number of carbonyl (C=O) groups excluding carboxylic acids is 1. The fraction of sp³-hybridized carbons (Fsp3) is 0.765. The summed E-state index contributed by atoms with van der Waals surface area (Å²) < 4.78 is 7.14. The van der Waals surface area contributed by atoms with Gasteiger partial charge in [0.1, 0.15) is 5.60 Å². The minimum Gasteiger partial charge on any atom is -0.476 e. The normalized spacial score (nSPS) is 16.8. The first-order valence-electron chi connectivity index (χ1n) is 8.57. The van der Waals surface area contributed by atoms with Crippen molar-refractivity contribution in [3.05, 3.63) is 11.4 Å². The topological polar surface area (TPSA) is 97.5 Å². The second-order valence-corrected chi connectivity index (χ2v) is 8.48. The van der Waals surface area contributed by atoms with E-state index in [-0.39, 0.29) is 23.2 Å². The summed E-state index contributed by atoms with van der Waals surface area (Å²) in [5, 5.41) is 17.4. The van der Waals surface area contributed by atoms with E-state index >= 15 is 0 Å². The van der Waals surface area contributed by atoms with E-state index in [1.165, 1.54) is 0 Å². The maximum absolute atomic E-state index is 12.2. The number of likely N-dealkylation sites (tertiary alicyclic amines) is 1. The van der Waals surface area contributed by atoms with Crippen molar-refractivity contribution in [2.75, 3.05) is 13.1 Å². The molecule has 1 aliphatic heterocycles. The molecular weight excluding hydrogens is 324 g/mol. The molecule has 0 atom stereocenters. The van der Waals surface area contributed by atoms with Crippen molar-refractivity contribution in [2.45, 2.75) is 71.4 Å². The smallest absolute Gasteiger partial charge is 0.410 e. The Balaban J connectivity index is 2.14. The molecule has 1 aromatic rings. The summed E-state index contributed by atoms with van der Waals surface area (Å²) in [6.45, 7) is 12.5. The van der Waals surface area contributed by atoms with Crippen LogP contribution in [0.25, 0.3) is 0 Å². The summed E-state index contributed by atoms with van der Waals surface area (Å²) in [5.74, 6) is -1.07. The summed E-state index contributed by atoms with van der Waals surface area (Å²) in [7, 11) is 0. The molecule has 1 fully saturated rings. The van der Waals surface area contributed by atoms with Crippen LogP contribution >= 0.6 is 0 Å². The molecule has 0 unspecified atom stereocenters. The number of carbonyl (C=O) groups is 2. The van der Waals surface area contributed by atoms with Crippen molar-refractivity contribution in [2.24, 2.45) is 0 Å². The van der Waals surface area contributed by atoms with Crippen LogP contribution < -0.4 is 0 Å². The van der Waals surface area contributed by atoms with Crippen molar-refractivity contribution in [1.82, 2.24) is 19.9 Å². The zero-order valence-corrected chi connectivity index (χ0v) is 15.9. The Kier molecular flexibility index (Phi) is 5.11. The van der Waals surface area contributed by atoms with Gasteiger partial charge in [0.15, 0.2) is 5.69 Å². The van der Waals surface area contributed by atoms with Crippen LogP contribution in [0.1, 0.15) is 76.6 Å². The predicted molar refractivity (Wildman–Crippen MR) is 91.8 cm³/mol. The molecule has 0 spiro atoms. The monoisotopic (exact) mass is 352 g/mol. The maximum atomic E-state index is 12.2. The Labute approximate surface area is 148 Å². The highest BCUT2D eigenvalue weighted by Crippen LogP contribution is 2.31. The molecule has 0 radical (unpaired) electrons. The van der Waals surface area contributed by atoms with E-state index in [9.17, 15) is 14.7 Å². The number of rotatable bonds is 2. The Hall–Kier alpha value is -2.12. The molecule has 0 aromatic carbocycles. The lowest BCUT2D eigenvalue weighted by Crippen LogP contribution is -2.42. The summed E-state index contributed by atoms with van der Waals surface area (Å²) in [5.41, 5.74) is -0.285. The standard InChI is InChI=1S/C17H28N4O4/c1-16(2,3)13-12(14(22)23)18-19-21(13)11-7-9-20(10-8-11)15(24)25-17(4,5)6/h11H,7-10H2,1-6H3,(H,22,23). The lowest BCUT2D eigenvalue weighted by atomic mass is 9.89. The minimum atomic E-state index is -1.07. The van der Waals surface area contributed by atoms with Crippen LogP contribution in [0.2, 0.25) is 0 Å². The highest BCUT2D eigenvalue weighted by molar-refractivity contribution is 5.86. The fourth-order valence-corrected chi connectivity index (χ4v) is 3.01. The third-order valence-corrected chi connectivity index (χ3v) is 4.07. The average molecular weight is 352 g/mol. The predicted octanol–water partition coefficient (Wildman–Crippen LogP) is 2.85. The van der Waals surface area contributed by atoms with Crippen LogP contribution in [0.3, 0.4) is 0 Å². The number of hydrogen-bond donors (Lipinski definition) is 1. The summed E-state index contributed by atoms with van der Waals surface area (Å²) >= 11 is 0. The molecule has 1 saturated heterocycles. The van der Waals surface area contributed by atoms with Crippen molar-refractivity contribution >= 4 is 12.1 Å². The summed E-state index contributed by atoms with van der Waals surface area (Å²) in [4.78, 5) is 25.3. The fourth-order valence-electron chi connectivity index (χ4n) is 3.01. The quantitative estimate of drug-likeness (QED) is 0.879. The van der Waals surface area contributed by atoms with E-state index in [4.69, 9.17) is 4.74 Å². The van der Waals surface area contributed by atoms with Gasteiger partial charge in [-0.15, -0.1) is 5.10 Å². The van der Waals surface area contributed by atoms with Gasteiger partial charge < -0.3 is 14.7 Å². The molecule has 1 amide bonds. The van der Waals surface area contributed by atoms with Gasteiger partial charge in [0.05, 0.1) is 11.7 Å². The molecule has 0 bridgehead atoms. The molecule has 8 heteroatoms. The minimum absolute atomic E-state index is 0.00192. The van der Waals surface area contributed by atoms with E-state index in [0.717, 1.165) is 0 Å². The number of piperidine rings is 1. The molecule has 1 aromatic heterocycles. The van der Waals surface area contributed by atoms with E-state index < -0.39 is 11.6 Å². The van der Waals surface area contributed by atoms with Gasteiger partial charge in [-0.05, 0) is 33.6 Å². The van der Waals surface area contributed by atoms with Gasteiger partial charge in [-0.2, -0.15) is 0 Å². The summed E-state index contributed by atoms with van der Waals surface area (Å²) in [6.07, 6.45) is 1.06. The molecular formula is C17H28N4O4. The van der Waals surface area contributed by atoms with E-state index in [0.29, 0.717) is 31.6 Å². The van der Waals surface area contributed by atoms with Crippen LogP contribution in [-0.4, -0.2) is 55.8 Å². The summed E-state index contributed by atoms with van der Waals surface area (Å²) in [6, 6.07) is 0.0218. The molecule has 1 N–H and O–H groups in total. The molecule has 2 heterocycles. The second kappa shape index (κ2) is 6.65. The van der Waals surface area contributed by atoms with Crippen molar-refractivity contribution in [3.8, 4) is 0 Å². The van der Waals surface area contributed by atoms with Crippen molar-refractivity contribution in [3.63, 3.8) is 0 Å². The number of amides is 1. The van der Waals surface area contributed by atoms with Gasteiger partial charge >= 0.3 is 12.1 Å². The number of aromatic nitrogens is 3. The Morgan fingerprint density at radius 2 is 1.68 bits per heavy atom. The first-order chi connectivity index (χ1) is 11.4. The largest absolute Gasteiger partial charge is 0.476 e. The maximum Gasteiger partial charge on any atom is 0.410 e. The van der Waals surface area contributed by atoms with E-state index in [1.54, 1.807) is 9.58 Å². The van der Waals surface area contributed by atoms with Crippen LogP contribution in [-0.2, 0) is 10.2 Å². The zero-order chi connectivity index (χ0) is 19.0. The number of nitrogens with zero attached hydrogens (tertiary/aromatic N) is 4. The molecule has 2 rings (SSSR count). The van der Waals surface area contributed by atoms with Crippen LogP contribution in [0, 0.1) is 0 Å². The van der Waals surface area contributed by atoms with E-state index in [1.807, 2.05) is 41.5 Å². The molecule has 25 heavy (non-hydrogen) atoms. The van der Waals surface area contributed by atoms with E-state index in [2.05, 4.69) is 10.3 Å². The lowest BCUT2D eigenvalue weighted by Gasteiger charge is -2.34. The third-order valence-electron chi connectivity index (χ3n) is 4.07. The van der Waals surface area contributed by atoms with Gasteiger partial charge in [-0.3, -0.25) is 0 Å². The van der Waals surface area contributed by atoms with Gasteiger partial charge in [-0.1, -0.05) is 26.0 Å². The molecule has 0 aliphatic carbocycles. The van der Waals surface area contributed by atoms with Gasteiger partial charge in [-0.25, -0.2) is 14.3 Å². The number of carboxylic acid groups (broad SMARTS) is 1. The van der Waals surface area contributed by atoms with Crippen LogP contribution in [0.15, 0.2) is 0 Å². The first kappa shape index (κ1) is 19.2. The van der Waals surface area contributed by atoms with Crippen LogP contribution in [0.5, 0.6) is 0 Å². The Bertz CT molecular complexity index is 647. The lowest BCUT2D eigenvalue weighted by molar-refractivity contribution is 0.0182. The third kappa shape index (κ3) is 4.49. The van der Waals surface area contributed by atoms with Crippen LogP contribution in [0.4, 0.5) is 4.79 Å². The average Bonchev–Trinajstić information content (AvgIpc) is 2.90.